The summed E-state index contributed by atoms with van der Waals surface area (Å²) in [6, 6.07) is 20.2. The van der Waals surface area contributed by atoms with Crippen molar-refractivity contribution in [3.63, 3.8) is 0 Å². The van der Waals surface area contributed by atoms with Crippen molar-refractivity contribution >= 4 is 32.5 Å². The average Bonchev–Trinajstić information content (AvgIpc) is 2.50. The molecule has 0 atom stereocenters. The van der Waals surface area contributed by atoms with Gasteiger partial charge in [-0.05, 0) is 34.9 Å². The molecule has 0 aliphatic rings. The van der Waals surface area contributed by atoms with E-state index in [1.165, 1.54) is 10.8 Å². The van der Waals surface area contributed by atoms with Crippen LogP contribution in [0.2, 0.25) is 0 Å². The molecule has 3 rings (SSSR count). The number of hydrogen-bond acceptors (Lipinski definition) is 1. The van der Waals surface area contributed by atoms with Gasteiger partial charge in [0.25, 0.3) is 0 Å². The molecule has 3 aromatic rings. The number of carbonyl (C=O) groups excluding carboxylic acids is 1. The maximum Gasteiger partial charge on any atom is 0.167 e. The highest BCUT2D eigenvalue weighted by Crippen LogP contribution is 2.22. The first-order valence-electron chi connectivity index (χ1n) is 6.91. The van der Waals surface area contributed by atoms with Crippen molar-refractivity contribution in [2.75, 3.05) is 0 Å². The third kappa shape index (κ3) is 2.91. The molecule has 0 N–H and O–H groups in total. The summed E-state index contributed by atoms with van der Waals surface area (Å²) in [5.41, 5.74) is 2.85. The Kier molecular flexibility index (Phi) is 3.89. The Balaban J connectivity index is 1.91. The molecule has 1 nitrogen and oxygen atoms in total. The van der Waals surface area contributed by atoms with E-state index in [1.807, 2.05) is 43.3 Å². The van der Waals surface area contributed by atoms with Crippen LogP contribution in [-0.2, 0) is 6.42 Å². The van der Waals surface area contributed by atoms with Crippen molar-refractivity contribution in [2.45, 2.75) is 13.3 Å². The first kappa shape index (κ1) is 14.0. The summed E-state index contributed by atoms with van der Waals surface area (Å²) in [5.74, 6) is 0.157. The molecule has 0 unspecified atom stereocenters. The van der Waals surface area contributed by atoms with Crippen LogP contribution in [0.4, 0.5) is 0 Å². The fraction of sp³-hybridized carbons (Fsp3) is 0.105. The molecule has 0 aliphatic carbocycles. The molecular weight excluding hydrogens is 324 g/mol. The van der Waals surface area contributed by atoms with E-state index < -0.39 is 0 Å². The number of Topliss-reactive ketones (excluding diaryl/α,β-unsaturated/α-hetero) is 1. The predicted molar refractivity (Wildman–Crippen MR) is 90.9 cm³/mol. The molecular formula is C19H15BrO. The van der Waals surface area contributed by atoms with Gasteiger partial charge in [0.05, 0.1) is 0 Å². The lowest BCUT2D eigenvalue weighted by Gasteiger charge is -2.07. The molecule has 0 radical (unpaired) electrons. The quantitative estimate of drug-likeness (QED) is 0.589. The first-order valence-corrected chi connectivity index (χ1v) is 7.70. The number of rotatable bonds is 3. The van der Waals surface area contributed by atoms with E-state index >= 15 is 0 Å². The molecule has 3 aromatic carbocycles. The maximum absolute atomic E-state index is 12.5. The fourth-order valence-electron chi connectivity index (χ4n) is 2.54. The number of hydrogen-bond donors (Lipinski definition) is 0. The summed E-state index contributed by atoms with van der Waals surface area (Å²) in [6.45, 7) is 1.97. The minimum absolute atomic E-state index is 0.157. The highest BCUT2D eigenvalue weighted by Gasteiger charge is 2.11. The van der Waals surface area contributed by atoms with E-state index in [2.05, 4.69) is 40.2 Å². The van der Waals surface area contributed by atoms with Crippen LogP contribution in [0.1, 0.15) is 21.5 Å². The third-order valence-corrected chi connectivity index (χ3v) is 4.61. The van der Waals surface area contributed by atoms with Gasteiger partial charge in [-0.3, -0.25) is 4.79 Å². The summed E-state index contributed by atoms with van der Waals surface area (Å²) in [6.07, 6.45) is 0.433. The smallest absolute Gasteiger partial charge is 0.167 e. The first-order chi connectivity index (χ1) is 10.1. The van der Waals surface area contributed by atoms with Gasteiger partial charge in [0.2, 0.25) is 0 Å². The van der Waals surface area contributed by atoms with Crippen LogP contribution in [0.5, 0.6) is 0 Å². The molecule has 21 heavy (non-hydrogen) atoms. The molecule has 0 amide bonds. The molecule has 0 fully saturated rings. The van der Waals surface area contributed by atoms with Gasteiger partial charge in [-0.1, -0.05) is 70.5 Å². The highest BCUT2D eigenvalue weighted by atomic mass is 79.9. The summed E-state index contributed by atoms with van der Waals surface area (Å²) < 4.78 is 0.979. The summed E-state index contributed by atoms with van der Waals surface area (Å²) in [7, 11) is 0. The van der Waals surface area contributed by atoms with E-state index in [4.69, 9.17) is 0 Å². The molecule has 2 heteroatoms. The number of halogens is 1. The average molecular weight is 339 g/mol. The SMILES string of the molecule is Cc1c(Br)cccc1C(=O)Cc1ccc2ccccc2c1. The van der Waals surface area contributed by atoms with Gasteiger partial charge in [0.1, 0.15) is 0 Å². The standard InChI is InChI=1S/C19H15BrO/c1-13-17(7-4-8-18(13)20)19(21)12-14-9-10-15-5-2-3-6-16(15)11-14/h2-11H,12H2,1H3. The summed E-state index contributed by atoms with van der Waals surface area (Å²) >= 11 is 3.48. The fourth-order valence-corrected chi connectivity index (χ4v) is 2.91. The van der Waals surface area contributed by atoms with Gasteiger partial charge < -0.3 is 0 Å². The minimum Gasteiger partial charge on any atom is -0.294 e. The van der Waals surface area contributed by atoms with Crippen molar-refractivity contribution in [3.8, 4) is 0 Å². The van der Waals surface area contributed by atoms with E-state index in [1.54, 1.807) is 0 Å². The van der Waals surface area contributed by atoms with Crippen LogP contribution in [0, 0.1) is 6.92 Å². The second-order valence-electron chi connectivity index (χ2n) is 5.19. The van der Waals surface area contributed by atoms with Crippen molar-refractivity contribution in [3.05, 3.63) is 81.8 Å². The monoisotopic (exact) mass is 338 g/mol. The molecule has 0 saturated carbocycles. The number of ketones is 1. The van der Waals surface area contributed by atoms with Gasteiger partial charge >= 0.3 is 0 Å². The maximum atomic E-state index is 12.5. The molecule has 0 aliphatic heterocycles. The van der Waals surface area contributed by atoms with Crippen LogP contribution < -0.4 is 0 Å². The van der Waals surface area contributed by atoms with E-state index in [-0.39, 0.29) is 5.78 Å². The summed E-state index contributed by atoms with van der Waals surface area (Å²) in [4.78, 5) is 12.5. The van der Waals surface area contributed by atoms with Crippen molar-refractivity contribution in [1.82, 2.24) is 0 Å². The van der Waals surface area contributed by atoms with Crippen molar-refractivity contribution in [1.29, 1.82) is 0 Å². The Bertz CT molecular complexity index is 821. The second kappa shape index (κ2) is 5.82. The number of fused-ring (bicyclic) bond motifs is 1. The van der Waals surface area contributed by atoms with Crippen LogP contribution in [0.3, 0.4) is 0 Å². The minimum atomic E-state index is 0.157. The van der Waals surface area contributed by atoms with Crippen LogP contribution in [0.15, 0.2) is 65.1 Å². The highest BCUT2D eigenvalue weighted by molar-refractivity contribution is 9.10. The van der Waals surface area contributed by atoms with E-state index in [9.17, 15) is 4.79 Å². The Hall–Kier alpha value is -1.93. The van der Waals surface area contributed by atoms with Gasteiger partial charge in [0, 0.05) is 16.5 Å². The van der Waals surface area contributed by atoms with Crippen molar-refractivity contribution < 1.29 is 4.79 Å². The Morgan fingerprint density at radius 2 is 1.71 bits per heavy atom. The Morgan fingerprint density at radius 3 is 2.52 bits per heavy atom. The zero-order valence-corrected chi connectivity index (χ0v) is 13.4. The molecule has 0 aromatic heterocycles. The zero-order chi connectivity index (χ0) is 14.8. The number of benzene rings is 3. The molecule has 0 saturated heterocycles. The van der Waals surface area contributed by atoms with Crippen LogP contribution in [-0.4, -0.2) is 5.78 Å². The lowest BCUT2D eigenvalue weighted by molar-refractivity contribution is 0.0992. The molecule has 0 spiro atoms. The Labute approximate surface area is 132 Å². The van der Waals surface area contributed by atoms with Gasteiger partial charge in [0.15, 0.2) is 5.78 Å². The summed E-state index contributed by atoms with van der Waals surface area (Å²) in [5, 5.41) is 2.38. The van der Waals surface area contributed by atoms with Gasteiger partial charge in [-0.25, -0.2) is 0 Å². The predicted octanol–water partition coefficient (Wildman–Crippen LogP) is 5.34. The van der Waals surface area contributed by atoms with Crippen molar-refractivity contribution in [2.24, 2.45) is 0 Å². The van der Waals surface area contributed by atoms with Gasteiger partial charge in [-0.2, -0.15) is 0 Å². The Morgan fingerprint density at radius 1 is 0.952 bits per heavy atom. The normalized spacial score (nSPS) is 10.8. The van der Waals surface area contributed by atoms with E-state index in [0.29, 0.717) is 6.42 Å². The van der Waals surface area contributed by atoms with Gasteiger partial charge in [-0.15, -0.1) is 0 Å². The number of carbonyl (C=O) groups is 1. The molecule has 0 bridgehead atoms. The second-order valence-corrected chi connectivity index (χ2v) is 6.05. The topological polar surface area (TPSA) is 17.1 Å². The van der Waals surface area contributed by atoms with E-state index in [0.717, 1.165) is 21.2 Å². The lowest BCUT2D eigenvalue weighted by atomic mass is 9.98. The zero-order valence-electron chi connectivity index (χ0n) is 11.8. The largest absolute Gasteiger partial charge is 0.294 e. The third-order valence-electron chi connectivity index (χ3n) is 3.75. The van der Waals surface area contributed by atoms with Crippen LogP contribution in [0.25, 0.3) is 10.8 Å². The molecule has 104 valence electrons. The van der Waals surface area contributed by atoms with Crippen LogP contribution >= 0.6 is 15.9 Å². The molecule has 0 heterocycles. The lowest BCUT2D eigenvalue weighted by Crippen LogP contribution is -2.06.